The van der Waals surface area contributed by atoms with Crippen LogP contribution in [0.1, 0.15) is 27.0 Å². The van der Waals surface area contributed by atoms with Gasteiger partial charge in [-0.05, 0) is 79.4 Å². The average Bonchev–Trinajstić information content (AvgIpc) is 3.11. The minimum Gasteiger partial charge on any atom is -0.493 e. The lowest BCUT2D eigenvalue weighted by Crippen LogP contribution is -2.32. The zero-order chi connectivity index (χ0) is 27.4. The minimum absolute atomic E-state index is 0.0400. The van der Waals surface area contributed by atoms with Gasteiger partial charge in [-0.2, -0.15) is 0 Å². The van der Waals surface area contributed by atoms with Gasteiger partial charge in [-0.15, -0.1) is 0 Å². The van der Waals surface area contributed by atoms with Gasteiger partial charge in [-0.25, -0.2) is 4.90 Å². The van der Waals surface area contributed by atoms with Gasteiger partial charge in [0.05, 0.1) is 19.9 Å². The number of carbonyl (C=O) groups excluding carboxylic acids is 3. The summed E-state index contributed by atoms with van der Waals surface area (Å²) in [5, 5.41) is 5.61. The SMILES string of the molecule is COc1ccc(CCNC(=O)c2cccc(NC3=C(Cl)C(=O)N(c4cc(C)cc(C)c4)C3=O)c2)cc1OC. The fraction of sp³-hybridized carbons (Fsp3) is 0.207. The van der Waals surface area contributed by atoms with Gasteiger partial charge < -0.3 is 20.1 Å². The number of nitrogens with one attached hydrogen (secondary N) is 2. The fourth-order valence-corrected chi connectivity index (χ4v) is 4.48. The van der Waals surface area contributed by atoms with Crippen molar-refractivity contribution in [2.24, 2.45) is 0 Å². The third-order valence-corrected chi connectivity index (χ3v) is 6.38. The zero-order valence-corrected chi connectivity index (χ0v) is 22.3. The van der Waals surface area contributed by atoms with Crippen LogP contribution in [0.3, 0.4) is 0 Å². The van der Waals surface area contributed by atoms with Gasteiger partial charge in [0.15, 0.2) is 11.5 Å². The lowest BCUT2D eigenvalue weighted by Gasteiger charge is -2.16. The molecule has 1 aliphatic rings. The maximum absolute atomic E-state index is 13.1. The summed E-state index contributed by atoms with van der Waals surface area (Å²) >= 11 is 6.28. The molecule has 3 amide bonds. The molecule has 0 saturated heterocycles. The van der Waals surface area contributed by atoms with Crippen LogP contribution in [0.25, 0.3) is 0 Å². The van der Waals surface area contributed by atoms with Gasteiger partial charge in [0.25, 0.3) is 17.7 Å². The van der Waals surface area contributed by atoms with Gasteiger partial charge in [0.1, 0.15) is 10.7 Å². The van der Waals surface area contributed by atoms with Crippen molar-refractivity contribution in [3.63, 3.8) is 0 Å². The second-order valence-electron chi connectivity index (χ2n) is 8.88. The summed E-state index contributed by atoms with van der Waals surface area (Å²) in [7, 11) is 3.15. The van der Waals surface area contributed by atoms with Crippen molar-refractivity contribution in [3.8, 4) is 11.5 Å². The number of aryl methyl sites for hydroxylation is 2. The molecule has 0 bridgehead atoms. The number of methoxy groups -OCH3 is 2. The van der Waals surface area contributed by atoms with E-state index in [4.69, 9.17) is 21.1 Å². The van der Waals surface area contributed by atoms with Crippen LogP contribution in [0.15, 0.2) is 71.4 Å². The van der Waals surface area contributed by atoms with Crippen molar-refractivity contribution in [1.29, 1.82) is 0 Å². The Balaban J connectivity index is 1.42. The van der Waals surface area contributed by atoms with Crippen LogP contribution in [0, 0.1) is 13.8 Å². The summed E-state index contributed by atoms with van der Waals surface area (Å²) in [5.41, 5.74) is 4.08. The molecule has 1 heterocycles. The molecule has 0 saturated carbocycles. The number of rotatable bonds is 9. The highest BCUT2D eigenvalue weighted by Gasteiger charge is 2.39. The zero-order valence-electron chi connectivity index (χ0n) is 21.6. The van der Waals surface area contributed by atoms with E-state index in [2.05, 4.69) is 10.6 Å². The Labute approximate surface area is 226 Å². The molecule has 1 aliphatic heterocycles. The topological polar surface area (TPSA) is 97.0 Å². The van der Waals surface area contributed by atoms with Crippen LogP contribution < -0.4 is 25.0 Å². The van der Waals surface area contributed by atoms with E-state index in [9.17, 15) is 14.4 Å². The summed E-state index contributed by atoms with van der Waals surface area (Å²) in [6.45, 7) is 4.18. The highest BCUT2D eigenvalue weighted by atomic mass is 35.5. The number of benzene rings is 3. The molecule has 38 heavy (non-hydrogen) atoms. The Morgan fingerprint density at radius 2 is 1.61 bits per heavy atom. The van der Waals surface area contributed by atoms with Crippen molar-refractivity contribution in [1.82, 2.24) is 5.32 Å². The third kappa shape index (κ3) is 5.65. The monoisotopic (exact) mass is 533 g/mol. The van der Waals surface area contributed by atoms with E-state index in [0.717, 1.165) is 21.6 Å². The van der Waals surface area contributed by atoms with Gasteiger partial charge in [-0.1, -0.05) is 29.8 Å². The molecule has 9 heteroatoms. The highest BCUT2D eigenvalue weighted by molar-refractivity contribution is 6.53. The summed E-state index contributed by atoms with van der Waals surface area (Å²) in [5.74, 6) is -0.179. The van der Waals surface area contributed by atoms with Crippen LogP contribution in [-0.2, 0) is 16.0 Å². The number of anilines is 2. The number of carbonyl (C=O) groups is 3. The molecule has 196 valence electrons. The second kappa shape index (κ2) is 11.4. The van der Waals surface area contributed by atoms with Gasteiger partial charge >= 0.3 is 0 Å². The van der Waals surface area contributed by atoms with E-state index in [0.29, 0.717) is 41.4 Å². The largest absolute Gasteiger partial charge is 0.493 e. The fourth-order valence-electron chi connectivity index (χ4n) is 4.27. The van der Waals surface area contributed by atoms with Crippen LogP contribution >= 0.6 is 11.6 Å². The normalized spacial score (nSPS) is 13.1. The van der Waals surface area contributed by atoms with E-state index in [1.54, 1.807) is 50.6 Å². The Morgan fingerprint density at radius 3 is 2.29 bits per heavy atom. The Morgan fingerprint density at radius 1 is 0.895 bits per heavy atom. The molecule has 0 atom stereocenters. The molecule has 8 nitrogen and oxygen atoms in total. The number of ether oxygens (including phenoxy) is 2. The first-order valence-electron chi connectivity index (χ1n) is 11.9. The summed E-state index contributed by atoms with van der Waals surface area (Å²) in [6.07, 6.45) is 0.595. The lowest BCUT2D eigenvalue weighted by atomic mass is 10.1. The van der Waals surface area contributed by atoms with Crippen LogP contribution in [-0.4, -0.2) is 38.5 Å². The van der Waals surface area contributed by atoms with Crippen molar-refractivity contribution >= 4 is 40.7 Å². The molecule has 0 aliphatic carbocycles. The van der Waals surface area contributed by atoms with E-state index >= 15 is 0 Å². The molecular formula is C29H28ClN3O5. The first kappa shape index (κ1) is 26.8. The predicted molar refractivity (Wildman–Crippen MR) is 147 cm³/mol. The van der Waals surface area contributed by atoms with Crippen LogP contribution in [0.5, 0.6) is 11.5 Å². The van der Waals surface area contributed by atoms with E-state index in [-0.39, 0.29) is 16.6 Å². The molecule has 0 fully saturated rings. The molecule has 0 radical (unpaired) electrons. The van der Waals surface area contributed by atoms with Crippen molar-refractivity contribution in [2.75, 3.05) is 31.0 Å². The Bertz CT molecular complexity index is 1430. The smallest absolute Gasteiger partial charge is 0.283 e. The van der Waals surface area contributed by atoms with Crippen molar-refractivity contribution < 1.29 is 23.9 Å². The molecule has 2 N–H and O–H groups in total. The number of hydrogen-bond donors (Lipinski definition) is 2. The second-order valence-corrected chi connectivity index (χ2v) is 9.26. The summed E-state index contributed by atoms with van der Waals surface area (Å²) < 4.78 is 10.6. The molecule has 3 aromatic rings. The van der Waals surface area contributed by atoms with Crippen molar-refractivity contribution in [2.45, 2.75) is 20.3 Å². The first-order valence-corrected chi connectivity index (χ1v) is 12.3. The molecule has 0 aromatic heterocycles. The minimum atomic E-state index is -0.603. The summed E-state index contributed by atoms with van der Waals surface area (Å²) in [4.78, 5) is 39.8. The van der Waals surface area contributed by atoms with Crippen LogP contribution in [0.4, 0.5) is 11.4 Å². The number of halogens is 1. The van der Waals surface area contributed by atoms with Gasteiger partial charge in [0.2, 0.25) is 0 Å². The van der Waals surface area contributed by atoms with E-state index in [1.165, 1.54) is 0 Å². The van der Waals surface area contributed by atoms with Crippen molar-refractivity contribution in [3.05, 3.63) is 93.6 Å². The molecule has 3 aromatic carbocycles. The Kier molecular flexibility index (Phi) is 8.02. The van der Waals surface area contributed by atoms with Gasteiger partial charge in [0, 0.05) is 17.8 Å². The number of imide groups is 1. The van der Waals surface area contributed by atoms with Crippen LogP contribution in [0.2, 0.25) is 0 Å². The maximum atomic E-state index is 13.1. The quantitative estimate of drug-likeness (QED) is 0.386. The first-order chi connectivity index (χ1) is 18.2. The third-order valence-electron chi connectivity index (χ3n) is 6.03. The molecule has 0 spiro atoms. The molecular weight excluding hydrogens is 506 g/mol. The lowest BCUT2D eigenvalue weighted by molar-refractivity contribution is -0.120. The summed E-state index contributed by atoms with van der Waals surface area (Å²) in [6, 6.07) is 17.7. The average molecular weight is 534 g/mol. The standard InChI is InChI=1S/C29H28ClN3O5/c1-17-12-18(2)14-22(13-17)33-28(35)25(30)26(29(33)36)32-21-7-5-6-20(16-21)27(34)31-11-10-19-8-9-23(37-3)24(15-19)38-4/h5-9,12-16,32H,10-11H2,1-4H3,(H,31,34). The predicted octanol–water partition coefficient (Wildman–Crippen LogP) is 4.73. The Hall–Kier alpha value is -4.30. The molecule has 0 unspecified atom stereocenters. The molecule has 4 rings (SSSR count). The number of amides is 3. The van der Waals surface area contributed by atoms with Gasteiger partial charge in [-0.3, -0.25) is 14.4 Å². The highest BCUT2D eigenvalue weighted by Crippen LogP contribution is 2.31. The number of nitrogens with zero attached hydrogens (tertiary/aromatic N) is 1. The van der Waals surface area contributed by atoms with E-state index < -0.39 is 11.8 Å². The van der Waals surface area contributed by atoms with E-state index in [1.807, 2.05) is 38.1 Å². The maximum Gasteiger partial charge on any atom is 0.283 e. The number of hydrogen-bond acceptors (Lipinski definition) is 6.